The van der Waals surface area contributed by atoms with Crippen molar-refractivity contribution in [3.8, 4) is 0 Å². The number of hydrogen-bond donors (Lipinski definition) is 4. The van der Waals surface area contributed by atoms with Crippen LogP contribution in [0.5, 0.6) is 0 Å². The number of nitrogens with zero attached hydrogens (tertiary/aromatic N) is 2. The van der Waals surface area contributed by atoms with Crippen molar-refractivity contribution in [3.05, 3.63) is 60.1 Å². The zero-order chi connectivity index (χ0) is 20.4. The van der Waals surface area contributed by atoms with E-state index in [4.69, 9.17) is 5.21 Å². The first kappa shape index (κ1) is 21.0. The number of anilines is 1. The second kappa shape index (κ2) is 10.8. The van der Waals surface area contributed by atoms with Gasteiger partial charge in [0.25, 0.3) is 5.91 Å². The van der Waals surface area contributed by atoms with Gasteiger partial charge in [0.1, 0.15) is 11.9 Å². The summed E-state index contributed by atoms with van der Waals surface area (Å²) in [5.74, 6) is -0.251. The van der Waals surface area contributed by atoms with Gasteiger partial charge in [0, 0.05) is 12.6 Å². The molecule has 148 valence electrons. The van der Waals surface area contributed by atoms with Crippen LogP contribution in [0.1, 0.15) is 25.1 Å². The lowest BCUT2D eigenvalue weighted by Crippen LogP contribution is -2.43. The van der Waals surface area contributed by atoms with Gasteiger partial charge in [-0.25, -0.2) is 10.5 Å². The van der Waals surface area contributed by atoms with Crippen molar-refractivity contribution in [2.75, 3.05) is 11.9 Å². The predicted molar refractivity (Wildman–Crippen MR) is 106 cm³/mol. The van der Waals surface area contributed by atoms with Crippen molar-refractivity contribution >= 4 is 23.7 Å². The Hall–Kier alpha value is -3.26. The molecule has 1 aromatic heterocycles. The molecule has 0 aliphatic heterocycles. The van der Waals surface area contributed by atoms with Crippen molar-refractivity contribution in [1.82, 2.24) is 20.8 Å². The third-order valence-electron chi connectivity index (χ3n) is 4.00. The third kappa shape index (κ3) is 6.81. The first-order valence-corrected chi connectivity index (χ1v) is 9.02. The van der Waals surface area contributed by atoms with E-state index in [1.54, 1.807) is 0 Å². The quantitative estimate of drug-likeness (QED) is 0.298. The van der Waals surface area contributed by atoms with Gasteiger partial charge in [-0.15, -0.1) is 0 Å². The summed E-state index contributed by atoms with van der Waals surface area (Å²) >= 11 is 0. The van der Waals surface area contributed by atoms with E-state index in [0.29, 0.717) is 18.1 Å². The van der Waals surface area contributed by atoms with Crippen molar-refractivity contribution in [2.45, 2.75) is 26.3 Å². The Bertz CT molecular complexity index is 791. The summed E-state index contributed by atoms with van der Waals surface area (Å²) in [5.41, 5.74) is 3.11. The topological polar surface area (TPSA) is 116 Å². The van der Waals surface area contributed by atoms with E-state index in [-0.39, 0.29) is 11.8 Å². The zero-order valence-corrected chi connectivity index (χ0v) is 15.9. The maximum atomic E-state index is 12.6. The first-order valence-electron chi connectivity index (χ1n) is 9.02. The Balaban J connectivity index is 1.91. The van der Waals surface area contributed by atoms with Crippen LogP contribution in [0.4, 0.5) is 5.82 Å². The maximum absolute atomic E-state index is 12.6. The standard InChI is InChI=1S/C20H25N5O3/c1-14(2)19(20(27)21-11-10-15-6-4-3-5-7-15)24-17-13-22-16(12-23-17)8-9-18(26)25-28/h3-9,12-14,19,28H,10-11H2,1-2H3,(H,21,27)(H,23,24)(H,25,26)/b9-8+/t19-/m1/s1. The Labute approximate surface area is 164 Å². The van der Waals surface area contributed by atoms with Crippen LogP contribution in [0.3, 0.4) is 0 Å². The molecule has 1 atom stereocenters. The summed E-state index contributed by atoms with van der Waals surface area (Å²) in [5, 5.41) is 14.5. The fourth-order valence-corrected chi connectivity index (χ4v) is 2.48. The van der Waals surface area contributed by atoms with E-state index < -0.39 is 11.9 Å². The molecule has 0 fully saturated rings. The van der Waals surface area contributed by atoms with Gasteiger partial charge in [-0.3, -0.25) is 19.8 Å². The minimum atomic E-state index is -0.656. The van der Waals surface area contributed by atoms with E-state index in [0.717, 1.165) is 12.5 Å². The highest BCUT2D eigenvalue weighted by Crippen LogP contribution is 2.11. The molecular formula is C20H25N5O3. The van der Waals surface area contributed by atoms with Crippen LogP contribution in [-0.2, 0) is 16.0 Å². The average Bonchev–Trinajstić information content (AvgIpc) is 2.71. The number of hydrogen-bond acceptors (Lipinski definition) is 6. The largest absolute Gasteiger partial charge is 0.357 e. The van der Waals surface area contributed by atoms with E-state index in [9.17, 15) is 9.59 Å². The molecule has 0 saturated carbocycles. The van der Waals surface area contributed by atoms with E-state index in [2.05, 4.69) is 20.6 Å². The van der Waals surface area contributed by atoms with E-state index in [1.807, 2.05) is 44.2 Å². The van der Waals surface area contributed by atoms with Crippen molar-refractivity contribution in [2.24, 2.45) is 5.92 Å². The minimum absolute atomic E-state index is 0.0475. The molecule has 2 amide bonds. The molecule has 28 heavy (non-hydrogen) atoms. The second-order valence-electron chi connectivity index (χ2n) is 6.53. The fourth-order valence-electron chi connectivity index (χ4n) is 2.48. The summed E-state index contributed by atoms with van der Waals surface area (Å²) in [6, 6.07) is 9.52. The van der Waals surface area contributed by atoms with Crippen molar-refractivity contribution in [1.29, 1.82) is 0 Å². The van der Waals surface area contributed by atoms with Gasteiger partial charge in [-0.2, -0.15) is 0 Å². The lowest BCUT2D eigenvalue weighted by Gasteiger charge is -2.22. The normalized spacial score (nSPS) is 12.0. The smallest absolute Gasteiger partial charge is 0.267 e. The third-order valence-corrected chi connectivity index (χ3v) is 4.00. The number of benzene rings is 1. The predicted octanol–water partition coefficient (Wildman–Crippen LogP) is 1.79. The number of amides is 2. The van der Waals surface area contributed by atoms with Crippen LogP contribution in [0.15, 0.2) is 48.8 Å². The lowest BCUT2D eigenvalue weighted by atomic mass is 10.0. The Morgan fingerprint density at radius 2 is 1.89 bits per heavy atom. The molecule has 4 N–H and O–H groups in total. The second-order valence-corrected chi connectivity index (χ2v) is 6.53. The molecule has 8 nitrogen and oxygen atoms in total. The Kier molecular flexibility index (Phi) is 8.11. The molecule has 0 aliphatic carbocycles. The average molecular weight is 383 g/mol. The molecule has 1 aromatic carbocycles. The number of hydroxylamine groups is 1. The monoisotopic (exact) mass is 383 g/mol. The summed E-state index contributed by atoms with van der Waals surface area (Å²) in [7, 11) is 0. The lowest BCUT2D eigenvalue weighted by molar-refractivity contribution is -0.124. The van der Waals surface area contributed by atoms with Crippen molar-refractivity contribution in [3.63, 3.8) is 0 Å². The molecule has 0 radical (unpaired) electrons. The SMILES string of the molecule is CC(C)[C@@H](Nc1cnc(/C=C/C(=O)NO)cn1)C(=O)NCCc1ccccc1. The Morgan fingerprint density at radius 3 is 2.50 bits per heavy atom. The van der Waals surface area contributed by atoms with Crippen LogP contribution in [-0.4, -0.2) is 39.6 Å². The molecule has 1 heterocycles. The molecule has 8 heteroatoms. The number of carbonyl (C=O) groups excluding carboxylic acids is 2. The summed E-state index contributed by atoms with van der Waals surface area (Å²) in [6.45, 7) is 4.45. The fraction of sp³-hybridized carbons (Fsp3) is 0.300. The highest BCUT2D eigenvalue weighted by Gasteiger charge is 2.22. The van der Waals surface area contributed by atoms with E-state index in [1.165, 1.54) is 29.5 Å². The number of nitrogens with one attached hydrogen (secondary N) is 3. The van der Waals surface area contributed by atoms with Gasteiger partial charge in [0.15, 0.2) is 0 Å². The summed E-state index contributed by atoms with van der Waals surface area (Å²) in [4.78, 5) is 31.9. The molecular weight excluding hydrogens is 358 g/mol. The van der Waals surface area contributed by atoms with Gasteiger partial charge in [-0.1, -0.05) is 44.2 Å². The van der Waals surface area contributed by atoms with Crippen LogP contribution in [0.25, 0.3) is 6.08 Å². The van der Waals surface area contributed by atoms with Gasteiger partial charge < -0.3 is 10.6 Å². The van der Waals surface area contributed by atoms with E-state index >= 15 is 0 Å². The molecule has 2 aromatic rings. The van der Waals surface area contributed by atoms with Gasteiger partial charge in [0.05, 0.1) is 18.1 Å². The van der Waals surface area contributed by atoms with Crippen molar-refractivity contribution < 1.29 is 14.8 Å². The highest BCUT2D eigenvalue weighted by atomic mass is 16.5. The molecule has 0 unspecified atom stereocenters. The minimum Gasteiger partial charge on any atom is -0.357 e. The molecule has 0 saturated heterocycles. The number of aromatic nitrogens is 2. The molecule has 0 bridgehead atoms. The highest BCUT2D eigenvalue weighted by molar-refractivity contribution is 5.90. The number of rotatable bonds is 9. The zero-order valence-electron chi connectivity index (χ0n) is 15.9. The maximum Gasteiger partial charge on any atom is 0.267 e. The Morgan fingerprint density at radius 1 is 1.14 bits per heavy atom. The van der Waals surface area contributed by atoms with Crippen LogP contribution >= 0.6 is 0 Å². The van der Waals surface area contributed by atoms with Gasteiger partial charge in [0.2, 0.25) is 5.91 Å². The van der Waals surface area contributed by atoms with Gasteiger partial charge in [-0.05, 0) is 24.0 Å². The molecule has 0 aliphatic rings. The molecule has 2 rings (SSSR count). The van der Waals surface area contributed by atoms with Crippen LogP contribution in [0.2, 0.25) is 0 Å². The summed E-state index contributed by atoms with van der Waals surface area (Å²) in [6.07, 6.45) is 6.27. The summed E-state index contributed by atoms with van der Waals surface area (Å²) < 4.78 is 0. The van der Waals surface area contributed by atoms with Crippen LogP contribution < -0.4 is 16.1 Å². The number of carbonyl (C=O) groups is 2. The first-order chi connectivity index (χ1) is 13.5. The van der Waals surface area contributed by atoms with Gasteiger partial charge >= 0.3 is 0 Å². The van der Waals surface area contributed by atoms with Crippen LogP contribution in [0, 0.1) is 5.92 Å². The molecule has 0 spiro atoms.